The monoisotopic (exact) mass is 431 g/mol. The van der Waals surface area contributed by atoms with Gasteiger partial charge in [0.2, 0.25) is 0 Å². The van der Waals surface area contributed by atoms with Gasteiger partial charge in [0, 0.05) is 21.2 Å². The standard InChI is InChI=1S/C30H25NS/c1-32(2)29-13-6-5-11-27(29)28-19-18-24(20-30(28)32)31-23-16-14-22(15-17-23)26-12-7-9-21-8-3-4-10-25(21)26/h3-20,31H,1-2H3. The van der Waals surface area contributed by atoms with E-state index in [2.05, 4.69) is 127 Å². The van der Waals surface area contributed by atoms with Crippen LogP contribution in [-0.2, 0) is 0 Å². The maximum absolute atomic E-state index is 3.63. The third-order valence-electron chi connectivity index (χ3n) is 6.53. The fourth-order valence-corrected chi connectivity index (χ4v) is 7.41. The summed E-state index contributed by atoms with van der Waals surface area (Å²) in [6, 6.07) is 39.6. The predicted octanol–water partition coefficient (Wildman–Crippen LogP) is 8.71. The van der Waals surface area contributed by atoms with Crippen LogP contribution >= 0.6 is 10.0 Å². The lowest BCUT2D eigenvalue weighted by molar-refractivity contribution is 1.43. The first-order valence-electron chi connectivity index (χ1n) is 10.9. The van der Waals surface area contributed by atoms with E-state index in [1.165, 1.54) is 42.8 Å². The van der Waals surface area contributed by atoms with Gasteiger partial charge in [0.25, 0.3) is 0 Å². The molecule has 0 atom stereocenters. The highest BCUT2D eigenvalue weighted by molar-refractivity contribution is 8.33. The summed E-state index contributed by atoms with van der Waals surface area (Å²) in [7, 11) is -0.983. The number of rotatable bonds is 3. The minimum Gasteiger partial charge on any atom is -0.355 e. The van der Waals surface area contributed by atoms with Crippen molar-refractivity contribution < 1.29 is 0 Å². The van der Waals surface area contributed by atoms with Gasteiger partial charge in [0.05, 0.1) is 0 Å². The van der Waals surface area contributed by atoms with Crippen molar-refractivity contribution in [3.63, 3.8) is 0 Å². The minimum absolute atomic E-state index is 0.983. The maximum Gasteiger partial charge on any atom is 0.0395 e. The van der Waals surface area contributed by atoms with Gasteiger partial charge in [-0.2, -0.15) is 10.0 Å². The Balaban J connectivity index is 1.31. The summed E-state index contributed by atoms with van der Waals surface area (Å²) in [6.45, 7) is 0. The van der Waals surface area contributed by atoms with Crippen LogP contribution in [0.3, 0.4) is 0 Å². The number of nitrogens with one attached hydrogen (secondary N) is 1. The van der Waals surface area contributed by atoms with Crippen LogP contribution in [0, 0.1) is 0 Å². The second-order valence-corrected chi connectivity index (χ2v) is 12.3. The van der Waals surface area contributed by atoms with Crippen LogP contribution in [0.1, 0.15) is 0 Å². The Hall–Kier alpha value is -3.49. The Morgan fingerprint density at radius 3 is 2.06 bits per heavy atom. The third kappa shape index (κ3) is 3.03. The Bertz CT molecular complexity index is 1460. The predicted molar refractivity (Wildman–Crippen MR) is 141 cm³/mol. The molecular formula is C30H25NS. The summed E-state index contributed by atoms with van der Waals surface area (Å²) in [5, 5.41) is 6.19. The molecule has 1 N–H and O–H groups in total. The van der Waals surface area contributed by atoms with Gasteiger partial charge in [-0.1, -0.05) is 78.9 Å². The molecule has 0 amide bonds. The van der Waals surface area contributed by atoms with Crippen molar-refractivity contribution in [3.05, 3.63) is 109 Å². The number of anilines is 2. The highest BCUT2D eigenvalue weighted by Gasteiger charge is 2.31. The average Bonchev–Trinajstić information content (AvgIpc) is 3.06. The van der Waals surface area contributed by atoms with Gasteiger partial charge in [0.1, 0.15) is 0 Å². The van der Waals surface area contributed by atoms with Gasteiger partial charge < -0.3 is 5.32 Å². The quantitative estimate of drug-likeness (QED) is 0.301. The minimum atomic E-state index is -0.983. The van der Waals surface area contributed by atoms with Gasteiger partial charge in [-0.05, 0) is 75.9 Å². The molecular weight excluding hydrogens is 406 g/mol. The molecule has 2 heteroatoms. The molecule has 0 spiro atoms. The Morgan fingerprint density at radius 2 is 1.19 bits per heavy atom. The van der Waals surface area contributed by atoms with Crippen LogP contribution in [0.4, 0.5) is 11.4 Å². The summed E-state index contributed by atoms with van der Waals surface area (Å²) < 4.78 is 0. The van der Waals surface area contributed by atoms with Crippen molar-refractivity contribution in [2.45, 2.75) is 9.79 Å². The van der Waals surface area contributed by atoms with E-state index in [1.54, 1.807) is 0 Å². The van der Waals surface area contributed by atoms with Gasteiger partial charge in [-0.3, -0.25) is 0 Å². The first-order valence-corrected chi connectivity index (χ1v) is 13.4. The van der Waals surface area contributed by atoms with Gasteiger partial charge in [0.15, 0.2) is 0 Å². The lowest BCUT2D eigenvalue weighted by atomic mass is 9.98. The van der Waals surface area contributed by atoms with Crippen LogP contribution < -0.4 is 5.32 Å². The molecule has 32 heavy (non-hydrogen) atoms. The molecule has 0 saturated heterocycles. The molecule has 1 heterocycles. The number of hydrogen-bond donors (Lipinski definition) is 1. The van der Waals surface area contributed by atoms with Crippen molar-refractivity contribution in [1.82, 2.24) is 0 Å². The van der Waals surface area contributed by atoms with Crippen LogP contribution in [0.15, 0.2) is 119 Å². The summed E-state index contributed by atoms with van der Waals surface area (Å²) in [6.07, 6.45) is 4.81. The second kappa shape index (κ2) is 7.29. The van der Waals surface area contributed by atoms with Gasteiger partial charge >= 0.3 is 0 Å². The first kappa shape index (κ1) is 19.2. The third-order valence-corrected chi connectivity index (χ3v) is 9.43. The van der Waals surface area contributed by atoms with Crippen molar-refractivity contribution >= 4 is 32.2 Å². The van der Waals surface area contributed by atoms with Crippen LogP contribution in [0.2, 0.25) is 0 Å². The molecule has 1 aliphatic heterocycles. The molecule has 6 rings (SSSR count). The SMILES string of the molecule is CS1(C)c2ccccc2-c2ccc(Nc3ccc(-c4cccc5ccccc45)cc3)cc21. The van der Waals surface area contributed by atoms with Crippen molar-refractivity contribution in [1.29, 1.82) is 0 Å². The van der Waals surface area contributed by atoms with E-state index in [-0.39, 0.29) is 0 Å². The molecule has 0 saturated carbocycles. The lowest BCUT2D eigenvalue weighted by Gasteiger charge is -2.28. The molecule has 0 radical (unpaired) electrons. The highest BCUT2D eigenvalue weighted by Crippen LogP contribution is 2.67. The lowest BCUT2D eigenvalue weighted by Crippen LogP contribution is -1.95. The fraction of sp³-hybridized carbons (Fsp3) is 0.0667. The van der Waals surface area contributed by atoms with Crippen LogP contribution in [0.5, 0.6) is 0 Å². The molecule has 0 aromatic heterocycles. The number of benzene rings is 5. The Kier molecular flexibility index (Phi) is 4.38. The molecule has 0 bridgehead atoms. The van der Waals surface area contributed by atoms with Gasteiger partial charge in [-0.15, -0.1) is 0 Å². The highest BCUT2D eigenvalue weighted by atomic mass is 32.3. The van der Waals surface area contributed by atoms with E-state index in [9.17, 15) is 0 Å². The molecule has 0 fully saturated rings. The van der Waals surface area contributed by atoms with Crippen LogP contribution in [-0.4, -0.2) is 12.5 Å². The topological polar surface area (TPSA) is 12.0 Å². The smallest absolute Gasteiger partial charge is 0.0395 e. The van der Waals surface area contributed by atoms with E-state index >= 15 is 0 Å². The van der Waals surface area contributed by atoms with Crippen LogP contribution in [0.25, 0.3) is 33.0 Å². The fourth-order valence-electron chi connectivity index (χ4n) is 4.87. The molecule has 1 nitrogen and oxygen atoms in total. The van der Waals surface area contributed by atoms with Crippen molar-refractivity contribution in [2.24, 2.45) is 0 Å². The van der Waals surface area contributed by atoms with Gasteiger partial charge in [-0.25, -0.2) is 0 Å². The number of hydrogen-bond acceptors (Lipinski definition) is 1. The molecule has 5 aromatic carbocycles. The summed E-state index contributed by atoms with van der Waals surface area (Å²) in [5.41, 5.74) is 7.55. The normalized spacial score (nSPS) is 14.6. The van der Waals surface area contributed by atoms with Crippen molar-refractivity contribution in [2.75, 3.05) is 17.8 Å². The van der Waals surface area contributed by atoms with E-state index in [0.717, 1.165) is 11.4 Å². The van der Waals surface area contributed by atoms with E-state index < -0.39 is 10.0 Å². The average molecular weight is 432 g/mol. The molecule has 156 valence electrons. The maximum atomic E-state index is 3.63. The Morgan fingerprint density at radius 1 is 0.531 bits per heavy atom. The molecule has 0 unspecified atom stereocenters. The summed E-state index contributed by atoms with van der Waals surface area (Å²) >= 11 is 0. The molecule has 1 aliphatic rings. The zero-order chi connectivity index (χ0) is 21.7. The van der Waals surface area contributed by atoms with Crippen molar-refractivity contribution in [3.8, 4) is 22.3 Å². The summed E-state index contributed by atoms with van der Waals surface area (Å²) in [4.78, 5) is 2.96. The number of fused-ring (bicyclic) bond motifs is 4. The zero-order valence-corrected chi connectivity index (χ0v) is 19.1. The van der Waals surface area contributed by atoms with E-state index in [0.29, 0.717) is 0 Å². The van der Waals surface area contributed by atoms with E-state index in [1.807, 2.05) is 0 Å². The molecule has 5 aromatic rings. The largest absolute Gasteiger partial charge is 0.355 e. The summed E-state index contributed by atoms with van der Waals surface area (Å²) in [5.74, 6) is 0. The zero-order valence-electron chi connectivity index (χ0n) is 18.3. The second-order valence-electron chi connectivity index (χ2n) is 8.76. The van der Waals surface area contributed by atoms with E-state index in [4.69, 9.17) is 0 Å². The Labute approximate surface area is 191 Å². The first-order chi connectivity index (χ1) is 15.6. The molecule has 0 aliphatic carbocycles.